The van der Waals surface area contributed by atoms with Crippen LogP contribution in [0.4, 0.5) is 5.82 Å². The van der Waals surface area contributed by atoms with Crippen LogP contribution in [0.25, 0.3) is 22.2 Å². The number of nitrogens with one attached hydrogen (secondary N) is 1. The number of carbonyl (C=O) groups is 1. The molecule has 0 unspecified atom stereocenters. The molecule has 145 valence electrons. The molecule has 0 bridgehead atoms. The van der Waals surface area contributed by atoms with Crippen molar-refractivity contribution >= 4 is 45.3 Å². The van der Waals surface area contributed by atoms with Gasteiger partial charge in [-0.05, 0) is 26.3 Å². The van der Waals surface area contributed by atoms with Crippen LogP contribution in [-0.4, -0.2) is 20.4 Å². The Hall–Kier alpha value is 2.79. The smallest absolute Gasteiger partial charge is 0.496 e. The molecular formula is C19H21IKN5OY3. The van der Waals surface area contributed by atoms with E-state index in [4.69, 9.17) is 5.73 Å². The number of nitrogen functional groups attached to an aromatic ring is 1. The van der Waals surface area contributed by atoms with Crippen LogP contribution in [0.3, 0.4) is 0 Å². The molecule has 0 fully saturated rings. The van der Waals surface area contributed by atoms with Gasteiger partial charge in [0.05, 0.1) is 11.8 Å². The topological polar surface area (TPSA) is 85.8 Å². The monoisotopic (exact) mass is 768 g/mol. The summed E-state index contributed by atoms with van der Waals surface area (Å²) in [5.74, 6) is 0.329. The van der Waals surface area contributed by atoms with E-state index in [0.29, 0.717) is 5.82 Å². The molecule has 3 rings (SSSR count). The van der Waals surface area contributed by atoms with Gasteiger partial charge in [-0.3, -0.25) is 27.4 Å². The predicted octanol–water partition coefficient (Wildman–Crippen LogP) is 0.645. The van der Waals surface area contributed by atoms with E-state index in [0.717, 1.165) is 27.9 Å². The van der Waals surface area contributed by atoms with E-state index >= 15 is 0 Å². The van der Waals surface area contributed by atoms with Crippen LogP contribution in [0, 0.1) is 4.55 Å². The summed E-state index contributed by atoms with van der Waals surface area (Å²) >= 11 is 2.00. The van der Waals surface area contributed by atoms with Gasteiger partial charge >= 0.3 is 51.4 Å². The van der Waals surface area contributed by atoms with E-state index < -0.39 is 0 Å². The summed E-state index contributed by atoms with van der Waals surface area (Å²) in [5, 5.41) is 3.54. The molecule has 2 heterocycles. The molecule has 0 aliphatic carbocycles. The SMILES string of the molecule is CC(C)(C)n1c(CC(=O)N[CH-]I)c(-c2ccccc2)c2c(N)ncnc21.[K+].[Y].[Y].[Y]. The fourth-order valence-corrected chi connectivity index (χ4v) is 3.60. The first kappa shape index (κ1) is 35.0. The zero-order valence-corrected chi connectivity index (χ0v) is 31.5. The quantitative estimate of drug-likeness (QED) is 0.177. The van der Waals surface area contributed by atoms with E-state index in [2.05, 4.69) is 40.6 Å². The number of hydrogen-bond acceptors (Lipinski definition) is 4. The van der Waals surface area contributed by atoms with Gasteiger partial charge in [-0.1, -0.05) is 30.3 Å². The van der Waals surface area contributed by atoms with Crippen molar-refractivity contribution < 1.29 is 154 Å². The minimum atomic E-state index is -0.282. The van der Waals surface area contributed by atoms with Crippen LogP contribution >= 0.6 is 22.6 Å². The number of aromatic nitrogens is 3. The zero-order valence-electron chi connectivity index (χ0n) is 17.7. The largest absolute Gasteiger partial charge is 1.00 e. The molecule has 3 aromatic rings. The number of anilines is 1. The fourth-order valence-electron chi connectivity index (χ4n) is 3.25. The van der Waals surface area contributed by atoms with Gasteiger partial charge in [0.1, 0.15) is 17.8 Å². The Bertz CT molecular complexity index is 964. The summed E-state index contributed by atoms with van der Waals surface area (Å²) in [6, 6.07) is 9.93. The maximum absolute atomic E-state index is 12.4. The molecule has 3 radical (unpaired) electrons. The molecule has 1 aromatic carbocycles. The van der Waals surface area contributed by atoms with Crippen molar-refractivity contribution in [2.45, 2.75) is 32.7 Å². The molecule has 0 saturated heterocycles. The van der Waals surface area contributed by atoms with Crippen molar-refractivity contribution in [1.29, 1.82) is 0 Å². The van der Waals surface area contributed by atoms with Crippen molar-refractivity contribution in [3.63, 3.8) is 0 Å². The van der Waals surface area contributed by atoms with Crippen molar-refractivity contribution in [2.75, 3.05) is 5.73 Å². The van der Waals surface area contributed by atoms with Crippen LogP contribution in [0.2, 0.25) is 0 Å². The average molecular weight is 768 g/mol. The average Bonchev–Trinajstić information content (AvgIpc) is 2.91. The van der Waals surface area contributed by atoms with E-state index in [1.807, 2.05) is 52.9 Å². The minimum absolute atomic E-state index is 0. The summed E-state index contributed by atoms with van der Waals surface area (Å²) in [6.07, 6.45) is 1.69. The van der Waals surface area contributed by atoms with Gasteiger partial charge < -0.3 is 15.6 Å². The minimum Gasteiger partial charge on any atom is -0.496 e. The Morgan fingerprint density at radius 2 is 1.77 bits per heavy atom. The summed E-state index contributed by atoms with van der Waals surface area (Å²) in [5.41, 5.74) is 9.48. The maximum atomic E-state index is 12.4. The number of nitrogens with zero attached hydrogens (tertiary/aromatic N) is 3. The van der Waals surface area contributed by atoms with Crippen LogP contribution in [0.5, 0.6) is 0 Å². The Morgan fingerprint density at radius 1 is 1.17 bits per heavy atom. The number of rotatable bonds is 4. The maximum Gasteiger partial charge on any atom is 1.00 e. The van der Waals surface area contributed by atoms with Gasteiger partial charge in [-0.25, -0.2) is 9.97 Å². The summed E-state index contributed by atoms with van der Waals surface area (Å²) in [7, 11) is 0. The standard InChI is InChI=1S/C19H21IN5O.K.3Y/c1-19(2,3)25-13(9-14(26)22-10-20)15(12-7-5-4-6-8-12)16-17(21)23-11-24-18(16)25;;;;/h4-8,10-11H,9H2,1-3H3,(H,22,26)(H2,21,23,24);;;;/q-1;+1;;;. The van der Waals surface area contributed by atoms with Crippen LogP contribution in [0.1, 0.15) is 26.5 Å². The molecule has 0 saturated carbocycles. The summed E-state index contributed by atoms with van der Waals surface area (Å²) in [4.78, 5) is 21.1. The van der Waals surface area contributed by atoms with E-state index in [9.17, 15) is 4.79 Å². The molecular weight excluding hydrogens is 747 g/mol. The van der Waals surface area contributed by atoms with Crippen molar-refractivity contribution in [3.8, 4) is 11.1 Å². The van der Waals surface area contributed by atoms with Gasteiger partial charge in [-0.2, -0.15) is 4.55 Å². The number of nitrogens with two attached hydrogens (primary N) is 1. The van der Waals surface area contributed by atoms with E-state index in [-0.39, 0.29) is 167 Å². The number of carbonyl (C=O) groups excluding carboxylic acids is 1. The molecule has 0 spiro atoms. The van der Waals surface area contributed by atoms with Crippen LogP contribution in [0.15, 0.2) is 36.7 Å². The molecule has 0 aliphatic heterocycles. The molecule has 1 amide bonds. The number of amides is 1. The molecule has 2 aromatic heterocycles. The zero-order chi connectivity index (χ0) is 18.9. The Labute approximate surface area is 309 Å². The van der Waals surface area contributed by atoms with E-state index in [1.165, 1.54) is 6.33 Å². The third kappa shape index (κ3) is 8.18. The normalized spacial score (nSPS) is 10.1. The number of fused-ring (bicyclic) bond motifs is 1. The first-order valence-corrected chi connectivity index (χ1v) is 9.50. The Kier molecular flexibility index (Phi) is 18.3. The first-order chi connectivity index (χ1) is 12.3. The van der Waals surface area contributed by atoms with Gasteiger partial charge in [0.25, 0.3) is 0 Å². The second kappa shape index (κ2) is 15.7. The van der Waals surface area contributed by atoms with Gasteiger partial charge in [0.15, 0.2) is 5.91 Å². The Balaban J connectivity index is 0. The number of benzene rings is 1. The predicted molar refractivity (Wildman–Crippen MR) is 113 cm³/mol. The number of hydrogen-bond donors (Lipinski definition) is 2. The van der Waals surface area contributed by atoms with Crippen molar-refractivity contribution in [2.24, 2.45) is 0 Å². The molecule has 6 nitrogen and oxygen atoms in total. The van der Waals surface area contributed by atoms with Crippen LogP contribution in [-0.2, 0) is 115 Å². The number of halogens is 1. The van der Waals surface area contributed by atoms with Crippen molar-refractivity contribution in [3.05, 3.63) is 46.9 Å². The molecule has 3 N–H and O–H groups in total. The summed E-state index contributed by atoms with van der Waals surface area (Å²) < 4.78 is 3.70. The Morgan fingerprint density at radius 3 is 2.30 bits per heavy atom. The first-order valence-electron chi connectivity index (χ1n) is 8.25. The second-order valence-electron chi connectivity index (χ2n) is 7.00. The van der Waals surface area contributed by atoms with Crippen molar-refractivity contribution in [1.82, 2.24) is 19.9 Å². The van der Waals surface area contributed by atoms with E-state index in [1.54, 1.807) is 4.55 Å². The molecule has 11 heteroatoms. The molecule has 0 atom stereocenters. The van der Waals surface area contributed by atoms with Gasteiger partial charge in [0, 0.05) is 115 Å². The van der Waals surface area contributed by atoms with Crippen LogP contribution < -0.4 is 62.4 Å². The summed E-state index contributed by atoms with van der Waals surface area (Å²) in [6.45, 7) is 6.27. The third-order valence-electron chi connectivity index (χ3n) is 4.15. The third-order valence-corrected chi connectivity index (χ3v) is 4.47. The fraction of sp³-hybridized carbons (Fsp3) is 0.263. The molecule has 30 heavy (non-hydrogen) atoms. The van der Waals surface area contributed by atoms with Gasteiger partial charge in [-0.15, -0.1) is 0 Å². The van der Waals surface area contributed by atoms with Gasteiger partial charge in [0.2, 0.25) is 0 Å². The molecule has 0 aliphatic rings. The second-order valence-corrected chi connectivity index (χ2v) is 7.63.